The third kappa shape index (κ3) is 3.77. The number of aryl methyl sites for hydroxylation is 2. The van der Waals surface area contributed by atoms with Gasteiger partial charge in [-0.1, -0.05) is 0 Å². The molecular formula is C14H20N6O. The zero-order chi connectivity index (χ0) is 15.2. The Balaban J connectivity index is 1.87. The molecule has 7 nitrogen and oxygen atoms in total. The van der Waals surface area contributed by atoms with E-state index >= 15 is 0 Å². The Bertz CT molecular complexity index is 592. The average Bonchev–Trinajstić information content (AvgIpc) is 2.92. The number of hydrogen-bond donors (Lipinski definition) is 1. The lowest BCUT2D eigenvalue weighted by molar-refractivity contribution is 0.0957. The van der Waals surface area contributed by atoms with E-state index in [-0.39, 0.29) is 5.91 Å². The van der Waals surface area contributed by atoms with Crippen molar-refractivity contribution in [2.45, 2.75) is 19.9 Å². The summed E-state index contributed by atoms with van der Waals surface area (Å²) in [5.74, 6) is 1.55. The largest absolute Gasteiger partial charge is 0.358 e. The molecule has 2 rings (SSSR count). The van der Waals surface area contributed by atoms with E-state index in [4.69, 9.17) is 0 Å². The maximum atomic E-state index is 11.4. The van der Waals surface area contributed by atoms with Gasteiger partial charge >= 0.3 is 0 Å². The molecule has 0 aliphatic carbocycles. The van der Waals surface area contributed by atoms with Crippen molar-refractivity contribution in [3.8, 4) is 0 Å². The van der Waals surface area contributed by atoms with Crippen LogP contribution in [0, 0.1) is 6.92 Å². The minimum atomic E-state index is -0.229. The third-order valence-electron chi connectivity index (χ3n) is 3.32. The predicted octanol–water partition coefficient (Wildman–Crippen LogP) is 0.868. The van der Waals surface area contributed by atoms with Gasteiger partial charge in [0.2, 0.25) is 0 Å². The van der Waals surface area contributed by atoms with Crippen molar-refractivity contribution in [1.82, 2.24) is 25.1 Å². The van der Waals surface area contributed by atoms with E-state index in [0.29, 0.717) is 5.69 Å². The first-order chi connectivity index (χ1) is 10.1. The van der Waals surface area contributed by atoms with E-state index in [9.17, 15) is 4.79 Å². The van der Waals surface area contributed by atoms with Crippen molar-refractivity contribution < 1.29 is 4.79 Å². The van der Waals surface area contributed by atoms with Crippen molar-refractivity contribution in [3.63, 3.8) is 0 Å². The van der Waals surface area contributed by atoms with Crippen LogP contribution in [0.4, 0.5) is 5.82 Å². The highest BCUT2D eigenvalue weighted by Crippen LogP contribution is 2.08. The van der Waals surface area contributed by atoms with Gasteiger partial charge < -0.3 is 14.8 Å². The van der Waals surface area contributed by atoms with Crippen LogP contribution in [0.25, 0.3) is 0 Å². The number of amides is 1. The highest BCUT2D eigenvalue weighted by atomic mass is 16.1. The molecular weight excluding hydrogens is 268 g/mol. The maximum absolute atomic E-state index is 11.4. The molecule has 0 fully saturated rings. The second-order valence-corrected chi connectivity index (χ2v) is 4.80. The van der Waals surface area contributed by atoms with Crippen molar-refractivity contribution in [2.75, 3.05) is 25.5 Å². The highest BCUT2D eigenvalue weighted by molar-refractivity contribution is 5.91. The molecule has 0 saturated carbocycles. The van der Waals surface area contributed by atoms with E-state index < -0.39 is 0 Å². The van der Waals surface area contributed by atoms with Crippen LogP contribution in [0.3, 0.4) is 0 Å². The minimum absolute atomic E-state index is 0.229. The Labute approximate surface area is 124 Å². The summed E-state index contributed by atoms with van der Waals surface area (Å²) < 4.78 is 2.12. The summed E-state index contributed by atoms with van der Waals surface area (Å²) in [5, 5.41) is 10.5. The van der Waals surface area contributed by atoms with E-state index in [0.717, 1.165) is 31.2 Å². The summed E-state index contributed by atoms with van der Waals surface area (Å²) in [4.78, 5) is 17.6. The molecule has 1 amide bonds. The Kier molecular flexibility index (Phi) is 4.86. The first-order valence-corrected chi connectivity index (χ1v) is 6.86. The first kappa shape index (κ1) is 15.0. The van der Waals surface area contributed by atoms with Crippen LogP contribution < -0.4 is 10.2 Å². The zero-order valence-electron chi connectivity index (χ0n) is 12.6. The lowest BCUT2D eigenvalue weighted by Gasteiger charge is -2.17. The number of aromatic nitrogens is 4. The van der Waals surface area contributed by atoms with Crippen LogP contribution in [0.15, 0.2) is 24.5 Å². The SMILES string of the molecule is CNC(=O)c1ccc(N(C)CCCn2ccnc2C)nn1. The van der Waals surface area contributed by atoms with E-state index in [1.54, 1.807) is 19.2 Å². The standard InChI is InChI=1S/C14H20N6O/c1-11-16-7-10-20(11)9-4-8-19(3)13-6-5-12(17-18-13)14(21)15-2/h5-7,10H,4,8-9H2,1-3H3,(H,15,21). The average molecular weight is 288 g/mol. The number of carbonyl (C=O) groups excluding carboxylic acids is 1. The molecule has 21 heavy (non-hydrogen) atoms. The summed E-state index contributed by atoms with van der Waals surface area (Å²) in [6.07, 6.45) is 4.77. The van der Waals surface area contributed by atoms with Gasteiger partial charge in [0, 0.05) is 39.6 Å². The van der Waals surface area contributed by atoms with Crippen LogP contribution in [-0.2, 0) is 6.54 Å². The smallest absolute Gasteiger partial charge is 0.271 e. The van der Waals surface area contributed by atoms with Gasteiger partial charge in [0.15, 0.2) is 11.5 Å². The highest BCUT2D eigenvalue weighted by Gasteiger charge is 2.08. The zero-order valence-corrected chi connectivity index (χ0v) is 12.6. The second-order valence-electron chi connectivity index (χ2n) is 4.80. The van der Waals surface area contributed by atoms with Gasteiger partial charge in [-0.25, -0.2) is 4.98 Å². The Hall–Kier alpha value is -2.44. The number of rotatable bonds is 6. The first-order valence-electron chi connectivity index (χ1n) is 6.86. The van der Waals surface area contributed by atoms with Gasteiger partial charge in [-0.15, -0.1) is 10.2 Å². The fraction of sp³-hybridized carbons (Fsp3) is 0.429. The molecule has 2 aromatic heterocycles. The maximum Gasteiger partial charge on any atom is 0.271 e. The molecule has 0 aliphatic rings. The molecule has 2 heterocycles. The predicted molar refractivity (Wildman–Crippen MR) is 80.3 cm³/mol. The van der Waals surface area contributed by atoms with Crippen molar-refractivity contribution in [2.24, 2.45) is 0 Å². The van der Waals surface area contributed by atoms with Gasteiger partial charge in [-0.05, 0) is 25.5 Å². The quantitative estimate of drug-likeness (QED) is 0.853. The summed E-state index contributed by atoms with van der Waals surface area (Å²) in [6.45, 7) is 3.76. The van der Waals surface area contributed by atoms with E-state index in [1.807, 2.05) is 31.3 Å². The molecule has 0 radical (unpaired) electrons. The summed E-state index contributed by atoms with van der Waals surface area (Å²) >= 11 is 0. The second kappa shape index (κ2) is 6.83. The van der Waals surface area contributed by atoms with Crippen LogP contribution in [0.2, 0.25) is 0 Å². The molecule has 7 heteroatoms. The number of hydrogen-bond acceptors (Lipinski definition) is 5. The van der Waals surface area contributed by atoms with Gasteiger partial charge in [-0.3, -0.25) is 4.79 Å². The van der Waals surface area contributed by atoms with Crippen LogP contribution >= 0.6 is 0 Å². The number of anilines is 1. The van der Waals surface area contributed by atoms with Gasteiger partial charge in [0.25, 0.3) is 5.91 Å². The lowest BCUT2D eigenvalue weighted by Crippen LogP contribution is -2.23. The normalized spacial score (nSPS) is 10.4. The van der Waals surface area contributed by atoms with Gasteiger partial charge in [0.05, 0.1) is 0 Å². The molecule has 0 spiro atoms. The van der Waals surface area contributed by atoms with Gasteiger partial charge in [0.1, 0.15) is 5.82 Å². The van der Waals surface area contributed by atoms with Crippen LogP contribution in [0.5, 0.6) is 0 Å². The topological polar surface area (TPSA) is 75.9 Å². The van der Waals surface area contributed by atoms with Gasteiger partial charge in [-0.2, -0.15) is 0 Å². The molecule has 0 bridgehead atoms. The Morgan fingerprint density at radius 3 is 2.76 bits per heavy atom. The Morgan fingerprint density at radius 2 is 2.19 bits per heavy atom. The number of imidazole rings is 1. The molecule has 1 N–H and O–H groups in total. The summed E-state index contributed by atoms with van der Waals surface area (Å²) in [7, 11) is 3.53. The molecule has 0 aliphatic heterocycles. The van der Waals surface area contributed by atoms with E-state index in [1.165, 1.54) is 0 Å². The fourth-order valence-electron chi connectivity index (χ4n) is 2.01. The lowest BCUT2D eigenvalue weighted by atomic mass is 10.3. The molecule has 0 aromatic carbocycles. The molecule has 0 atom stereocenters. The molecule has 2 aromatic rings. The molecule has 0 saturated heterocycles. The fourth-order valence-corrected chi connectivity index (χ4v) is 2.01. The monoisotopic (exact) mass is 288 g/mol. The Morgan fingerprint density at radius 1 is 1.38 bits per heavy atom. The molecule has 0 unspecified atom stereocenters. The minimum Gasteiger partial charge on any atom is -0.358 e. The van der Waals surface area contributed by atoms with Crippen LogP contribution in [0.1, 0.15) is 22.7 Å². The van der Waals surface area contributed by atoms with E-state index in [2.05, 4.69) is 25.1 Å². The van der Waals surface area contributed by atoms with Crippen molar-refractivity contribution in [3.05, 3.63) is 36.0 Å². The number of carbonyl (C=O) groups is 1. The van der Waals surface area contributed by atoms with Crippen LogP contribution in [-0.4, -0.2) is 46.3 Å². The summed E-state index contributed by atoms with van der Waals surface area (Å²) in [6, 6.07) is 3.48. The van der Waals surface area contributed by atoms with Crippen molar-refractivity contribution >= 4 is 11.7 Å². The summed E-state index contributed by atoms with van der Waals surface area (Å²) in [5.41, 5.74) is 0.323. The third-order valence-corrected chi connectivity index (χ3v) is 3.32. The van der Waals surface area contributed by atoms with Crippen molar-refractivity contribution in [1.29, 1.82) is 0 Å². The molecule has 112 valence electrons. The number of nitrogens with one attached hydrogen (secondary N) is 1. The number of nitrogens with zero attached hydrogens (tertiary/aromatic N) is 5.